The molecule has 1 amide bonds. The van der Waals surface area contributed by atoms with E-state index in [1.165, 1.54) is 0 Å². The number of pyridine rings is 1. The van der Waals surface area contributed by atoms with Crippen LogP contribution in [0.4, 0.5) is 0 Å². The summed E-state index contributed by atoms with van der Waals surface area (Å²) in [4.78, 5) is 16.0. The van der Waals surface area contributed by atoms with E-state index in [9.17, 15) is 4.79 Å². The van der Waals surface area contributed by atoms with Gasteiger partial charge in [-0.3, -0.25) is 4.79 Å². The Labute approximate surface area is 110 Å². The summed E-state index contributed by atoms with van der Waals surface area (Å²) in [6, 6.07) is 3.48. The predicted molar refractivity (Wildman–Crippen MR) is 69.9 cm³/mol. The number of carbonyl (C=O) groups is 1. The summed E-state index contributed by atoms with van der Waals surface area (Å²) in [5.41, 5.74) is 0.412. The molecule has 1 unspecified atom stereocenters. The van der Waals surface area contributed by atoms with Gasteiger partial charge in [-0.25, -0.2) is 4.98 Å². The van der Waals surface area contributed by atoms with Crippen LogP contribution in [0.3, 0.4) is 0 Å². The molecule has 4 nitrogen and oxygen atoms in total. The first-order valence-electron chi connectivity index (χ1n) is 5.46. The minimum Gasteiger partial charge on any atom is -0.383 e. The SMILES string of the molecule is COCC(NC(=O)c1ccc(Br)cn1)C(C)C. The summed E-state index contributed by atoms with van der Waals surface area (Å²) < 4.78 is 5.93. The normalized spacial score (nSPS) is 12.5. The van der Waals surface area contributed by atoms with Gasteiger partial charge in [0.25, 0.3) is 5.91 Å². The summed E-state index contributed by atoms with van der Waals surface area (Å²) in [7, 11) is 1.62. The number of amides is 1. The van der Waals surface area contributed by atoms with Crippen molar-refractivity contribution < 1.29 is 9.53 Å². The second kappa shape index (κ2) is 6.71. The zero-order valence-electron chi connectivity index (χ0n) is 10.2. The molecule has 0 radical (unpaired) electrons. The summed E-state index contributed by atoms with van der Waals surface area (Å²) >= 11 is 3.28. The van der Waals surface area contributed by atoms with Gasteiger partial charge in [0.05, 0.1) is 12.6 Å². The molecule has 1 N–H and O–H groups in total. The van der Waals surface area contributed by atoms with Crippen molar-refractivity contribution in [3.8, 4) is 0 Å². The number of methoxy groups -OCH3 is 1. The van der Waals surface area contributed by atoms with Crippen LogP contribution in [-0.2, 0) is 4.74 Å². The van der Waals surface area contributed by atoms with Crippen LogP contribution in [-0.4, -0.2) is 30.6 Å². The highest BCUT2D eigenvalue weighted by atomic mass is 79.9. The lowest BCUT2D eigenvalue weighted by Crippen LogP contribution is -2.41. The van der Waals surface area contributed by atoms with Gasteiger partial charge in [-0.1, -0.05) is 13.8 Å². The molecule has 17 heavy (non-hydrogen) atoms. The summed E-state index contributed by atoms with van der Waals surface area (Å²) in [6.45, 7) is 4.58. The van der Waals surface area contributed by atoms with Crippen LogP contribution >= 0.6 is 15.9 Å². The fraction of sp³-hybridized carbons (Fsp3) is 0.500. The molecule has 0 saturated carbocycles. The van der Waals surface area contributed by atoms with Crippen molar-refractivity contribution in [3.05, 3.63) is 28.5 Å². The second-order valence-corrected chi connectivity index (χ2v) is 5.06. The molecule has 0 fully saturated rings. The van der Waals surface area contributed by atoms with Gasteiger partial charge in [-0.05, 0) is 34.0 Å². The molecule has 1 aromatic heterocycles. The van der Waals surface area contributed by atoms with Crippen LogP contribution < -0.4 is 5.32 Å². The Hall–Kier alpha value is -0.940. The van der Waals surface area contributed by atoms with Gasteiger partial charge in [-0.15, -0.1) is 0 Å². The predicted octanol–water partition coefficient (Wildman–Crippen LogP) is 2.24. The van der Waals surface area contributed by atoms with E-state index in [0.717, 1.165) is 4.47 Å². The third-order valence-corrected chi connectivity index (χ3v) is 2.90. The first kappa shape index (κ1) is 14.1. The Balaban J connectivity index is 2.66. The molecular weight excluding hydrogens is 284 g/mol. The van der Waals surface area contributed by atoms with E-state index in [1.807, 2.05) is 13.8 Å². The van der Waals surface area contributed by atoms with Crippen molar-refractivity contribution in [3.63, 3.8) is 0 Å². The molecule has 1 aromatic rings. The molecule has 5 heteroatoms. The lowest BCUT2D eigenvalue weighted by Gasteiger charge is -2.21. The fourth-order valence-electron chi connectivity index (χ4n) is 1.33. The highest BCUT2D eigenvalue weighted by molar-refractivity contribution is 9.10. The number of hydrogen-bond donors (Lipinski definition) is 1. The molecule has 0 aliphatic carbocycles. The third kappa shape index (κ3) is 4.44. The lowest BCUT2D eigenvalue weighted by atomic mass is 10.1. The molecule has 1 heterocycles. The number of aromatic nitrogens is 1. The molecule has 1 atom stereocenters. The van der Waals surface area contributed by atoms with Crippen molar-refractivity contribution in [2.75, 3.05) is 13.7 Å². The third-order valence-electron chi connectivity index (χ3n) is 2.43. The van der Waals surface area contributed by atoms with Gasteiger partial charge in [-0.2, -0.15) is 0 Å². The van der Waals surface area contributed by atoms with E-state index in [4.69, 9.17) is 4.74 Å². The van der Waals surface area contributed by atoms with Crippen molar-refractivity contribution in [2.45, 2.75) is 19.9 Å². The van der Waals surface area contributed by atoms with Crippen LogP contribution in [0.2, 0.25) is 0 Å². The molecule has 0 bridgehead atoms. The van der Waals surface area contributed by atoms with Crippen LogP contribution in [0.15, 0.2) is 22.8 Å². The van der Waals surface area contributed by atoms with Gasteiger partial charge in [0, 0.05) is 17.8 Å². The first-order chi connectivity index (χ1) is 8.04. The molecule has 0 saturated heterocycles. The minimum absolute atomic E-state index is 0.00190. The van der Waals surface area contributed by atoms with Gasteiger partial charge < -0.3 is 10.1 Å². The van der Waals surface area contributed by atoms with Crippen molar-refractivity contribution >= 4 is 21.8 Å². The Bertz CT molecular complexity index is 365. The topological polar surface area (TPSA) is 51.2 Å². The lowest BCUT2D eigenvalue weighted by molar-refractivity contribution is 0.0861. The highest BCUT2D eigenvalue weighted by Crippen LogP contribution is 2.08. The molecular formula is C12H17BrN2O2. The van der Waals surface area contributed by atoms with Crippen molar-refractivity contribution in [1.29, 1.82) is 0 Å². The monoisotopic (exact) mass is 300 g/mol. The number of halogens is 1. The maximum Gasteiger partial charge on any atom is 0.270 e. The molecule has 94 valence electrons. The van der Waals surface area contributed by atoms with E-state index >= 15 is 0 Å². The number of hydrogen-bond acceptors (Lipinski definition) is 3. The van der Waals surface area contributed by atoms with E-state index in [-0.39, 0.29) is 11.9 Å². The summed E-state index contributed by atoms with van der Waals surface area (Å²) in [5.74, 6) is 0.141. The van der Waals surface area contributed by atoms with E-state index in [0.29, 0.717) is 18.2 Å². The molecule has 0 aromatic carbocycles. The summed E-state index contributed by atoms with van der Waals surface area (Å²) in [5, 5.41) is 2.91. The zero-order chi connectivity index (χ0) is 12.8. The Morgan fingerprint density at radius 1 is 1.53 bits per heavy atom. The molecule has 0 aliphatic heterocycles. The smallest absolute Gasteiger partial charge is 0.270 e. The Morgan fingerprint density at radius 2 is 2.24 bits per heavy atom. The van der Waals surface area contributed by atoms with Crippen molar-refractivity contribution in [2.24, 2.45) is 5.92 Å². The van der Waals surface area contributed by atoms with Crippen LogP contribution in [0.25, 0.3) is 0 Å². The number of nitrogens with one attached hydrogen (secondary N) is 1. The average molecular weight is 301 g/mol. The number of ether oxygens (including phenoxy) is 1. The standard InChI is InChI=1S/C12H17BrN2O2/c1-8(2)11(7-17-3)15-12(16)10-5-4-9(13)6-14-10/h4-6,8,11H,7H2,1-3H3,(H,15,16). The van der Waals surface area contributed by atoms with Gasteiger partial charge in [0.15, 0.2) is 0 Å². The first-order valence-corrected chi connectivity index (χ1v) is 6.25. The van der Waals surface area contributed by atoms with Gasteiger partial charge >= 0.3 is 0 Å². The largest absolute Gasteiger partial charge is 0.383 e. The van der Waals surface area contributed by atoms with Gasteiger partial charge in [0.1, 0.15) is 5.69 Å². The Kier molecular flexibility index (Phi) is 5.58. The zero-order valence-corrected chi connectivity index (χ0v) is 11.8. The average Bonchev–Trinajstić information content (AvgIpc) is 2.29. The van der Waals surface area contributed by atoms with Crippen LogP contribution in [0.5, 0.6) is 0 Å². The van der Waals surface area contributed by atoms with E-state index < -0.39 is 0 Å². The fourth-order valence-corrected chi connectivity index (χ4v) is 1.57. The second-order valence-electron chi connectivity index (χ2n) is 4.14. The van der Waals surface area contributed by atoms with Crippen molar-refractivity contribution in [1.82, 2.24) is 10.3 Å². The minimum atomic E-state index is -0.173. The number of nitrogens with zero attached hydrogens (tertiary/aromatic N) is 1. The maximum atomic E-state index is 11.9. The number of carbonyl (C=O) groups excluding carboxylic acids is 1. The van der Waals surface area contributed by atoms with E-state index in [2.05, 4.69) is 26.2 Å². The maximum absolute atomic E-state index is 11.9. The Morgan fingerprint density at radius 3 is 2.71 bits per heavy atom. The quantitative estimate of drug-likeness (QED) is 0.907. The highest BCUT2D eigenvalue weighted by Gasteiger charge is 2.17. The molecule has 1 rings (SSSR count). The molecule has 0 spiro atoms. The van der Waals surface area contributed by atoms with Crippen LogP contribution in [0, 0.1) is 5.92 Å². The summed E-state index contributed by atoms with van der Waals surface area (Å²) in [6.07, 6.45) is 1.61. The van der Waals surface area contributed by atoms with Crippen LogP contribution in [0.1, 0.15) is 24.3 Å². The molecule has 0 aliphatic rings. The van der Waals surface area contributed by atoms with Gasteiger partial charge in [0.2, 0.25) is 0 Å². The van der Waals surface area contributed by atoms with E-state index in [1.54, 1.807) is 25.4 Å². The number of rotatable bonds is 5.